The van der Waals surface area contributed by atoms with Crippen LogP contribution in [0.5, 0.6) is 5.75 Å². The van der Waals surface area contributed by atoms with E-state index in [1.54, 1.807) is 42.5 Å². The summed E-state index contributed by atoms with van der Waals surface area (Å²) in [5.74, 6) is -5.03. The number of aliphatic hydroxyl groups is 1. The number of alkyl halides is 3. The van der Waals surface area contributed by atoms with Gasteiger partial charge in [0.2, 0.25) is 11.8 Å². The van der Waals surface area contributed by atoms with Crippen molar-refractivity contribution in [2.24, 2.45) is 16.8 Å². The van der Waals surface area contributed by atoms with Gasteiger partial charge in [-0.1, -0.05) is 30.3 Å². The van der Waals surface area contributed by atoms with Crippen molar-refractivity contribution in [2.75, 3.05) is 4.90 Å². The van der Waals surface area contributed by atoms with Gasteiger partial charge in [0.15, 0.2) is 5.78 Å². The Morgan fingerprint density at radius 3 is 2.18 bits per heavy atom. The number of halogens is 3. The maximum Gasteiger partial charge on any atom is 0.573 e. The number of hydrogen-bond acceptors (Lipinski definition) is 7. The Morgan fingerprint density at radius 1 is 0.868 bits per heavy atom. The van der Waals surface area contributed by atoms with Gasteiger partial charge in [0, 0.05) is 17.3 Å². The van der Waals surface area contributed by atoms with E-state index in [2.05, 4.69) is 14.7 Å². The molecule has 2 amide bonds. The molecular formula is C27H16F3N3O5. The average molecular weight is 519 g/mol. The number of rotatable bonds is 4. The van der Waals surface area contributed by atoms with E-state index in [1.807, 2.05) is 0 Å². The highest BCUT2D eigenvalue weighted by Crippen LogP contribution is 2.49. The Labute approximate surface area is 212 Å². The third-order valence-corrected chi connectivity index (χ3v) is 6.73. The zero-order valence-corrected chi connectivity index (χ0v) is 19.2. The summed E-state index contributed by atoms with van der Waals surface area (Å²) in [6.07, 6.45) is -3.40. The second-order valence-corrected chi connectivity index (χ2v) is 8.87. The van der Waals surface area contributed by atoms with Crippen LogP contribution in [-0.4, -0.2) is 39.8 Å². The maximum absolute atomic E-state index is 13.7. The van der Waals surface area contributed by atoms with Gasteiger partial charge in [0.05, 0.1) is 34.5 Å². The Kier molecular flexibility index (Phi) is 5.20. The first-order valence-corrected chi connectivity index (χ1v) is 11.5. The van der Waals surface area contributed by atoms with E-state index >= 15 is 0 Å². The number of allylic oxidation sites excluding steroid dienone is 1. The van der Waals surface area contributed by atoms with Gasteiger partial charge in [-0.2, -0.15) is 0 Å². The van der Waals surface area contributed by atoms with E-state index < -0.39 is 47.6 Å². The molecule has 190 valence electrons. The fourth-order valence-corrected chi connectivity index (χ4v) is 5.18. The lowest BCUT2D eigenvalue weighted by Crippen LogP contribution is -2.33. The number of benzene rings is 2. The minimum Gasteiger partial charge on any atom is -0.506 e. The number of fused-ring (bicyclic) bond motifs is 2. The third-order valence-electron chi connectivity index (χ3n) is 6.73. The van der Waals surface area contributed by atoms with Crippen molar-refractivity contribution in [3.05, 3.63) is 95.3 Å². The summed E-state index contributed by atoms with van der Waals surface area (Å²) >= 11 is 0. The number of Topliss-reactive ketones (excluding diaryl/α,β-unsaturated/α-hetero) is 1. The summed E-state index contributed by atoms with van der Waals surface area (Å²) in [6.45, 7) is 0. The van der Waals surface area contributed by atoms with E-state index in [1.165, 1.54) is 6.20 Å². The van der Waals surface area contributed by atoms with Crippen molar-refractivity contribution in [1.29, 1.82) is 0 Å². The van der Waals surface area contributed by atoms with Crippen molar-refractivity contribution in [3.8, 4) is 5.75 Å². The molecule has 11 heteroatoms. The molecule has 1 fully saturated rings. The summed E-state index contributed by atoms with van der Waals surface area (Å²) in [6, 6.07) is 14.8. The van der Waals surface area contributed by atoms with Crippen molar-refractivity contribution >= 4 is 34.8 Å². The molecule has 3 atom stereocenters. The van der Waals surface area contributed by atoms with E-state index in [-0.39, 0.29) is 28.3 Å². The SMILES string of the molecule is O=C1C(C2=N[C@@H](c3ccccn3)[C@H]3C(=O)N(c4ccc(OC(F)(F)F)cc4)C(=O)[C@@H]23)=C(O)c2ccccc21. The number of amides is 2. The molecule has 3 heterocycles. The summed E-state index contributed by atoms with van der Waals surface area (Å²) < 4.78 is 41.6. The van der Waals surface area contributed by atoms with E-state index in [0.29, 0.717) is 11.3 Å². The lowest BCUT2D eigenvalue weighted by molar-refractivity contribution is -0.274. The molecule has 2 aliphatic heterocycles. The number of aliphatic imine (C=N–C) groups is 1. The standard InChI is InChI=1S/C27H16F3N3O5/c28-27(29,30)38-14-10-8-13(9-11-14)33-25(36)18-19(26(33)37)22(32-21(18)17-7-3-4-12-31-17)20-23(34)15-5-1-2-6-16(15)24(20)35/h1-12,18-19,21,34H/t18-,19+,21-/m0/s1. The number of imide groups is 1. The molecule has 8 nitrogen and oxygen atoms in total. The summed E-state index contributed by atoms with van der Waals surface area (Å²) in [4.78, 5) is 50.4. The van der Waals surface area contributed by atoms with Crippen LogP contribution in [0.3, 0.4) is 0 Å². The number of aromatic nitrogens is 1. The van der Waals surface area contributed by atoms with Gasteiger partial charge in [0.25, 0.3) is 0 Å². The Bertz CT molecular complexity index is 1560. The fourth-order valence-electron chi connectivity index (χ4n) is 5.18. The molecule has 0 bridgehead atoms. The molecule has 1 aliphatic carbocycles. The van der Waals surface area contributed by atoms with E-state index in [4.69, 9.17) is 0 Å². The number of ether oxygens (including phenoxy) is 1. The molecule has 3 aliphatic rings. The van der Waals surface area contributed by atoms with Crippen LogP contribution in [0.4, 0.5) is 18.9 Å². The average Bonchev–Trinajstić information content (AvgIpc) is 3.49. The van der Waals surface area contributed by atoms with Crippen LogP contribution >= 0.6 is 0 Å². The van der Waals surface area contributed by atoms with Gasteiger partial charge in [-0.25, -0.2) is 4.90 Å². The molecule has 3 aromatic rings. The highest BCUT2D eigenvalue weighted by atomic mass is 19.4. The van der Waals surface area contributed by atoms with Crippen molar-refractivity contribution < 1.29 is 37.4 Å². The molecule has 6 rings (SSSR count). The van der Waals surface area contributed by atoms with Crippen LogP contribution in [0.2, 0.25) is 0 Å². The van der Waals surface area contributed by atoms with Gasteiger partial charge in [-0.3, -0.25) is 24.4 Å². The molecule has 38 heavy (non-hydrogen) atoms. The minimum absolute atomic E-state index is 0.0257. The molecule has 0 saturated carbocycles. The molecule has 1 saturated heterocycles. The molecule has 1 aromatic heterocycles. The second-order valence-electron chi connectivity index (χ2n) is 8.87. The van der Waals surface area contributed by atoms with Gasteiger partial charge in [-0.05, 0) is 36.4 Å². The largest absolute Gasteiger partial charge is 0.573 e. The van der Waals surface area contributed by atoms with Crippen LogP contribution < -0.4 is 9.64 Å². The summed E-state index contributed by atoms with van der Waals surface area (Å²) in [5.41, 5.74) is 0.773. The Morgan fingerprint density at radius 2 is 1.55 bits per heavy atom. The normalized spacial score (nSPS) is 22.6. The van der Waals surface area contributed by atoms with E-state index in [0.717, 1.165) is 29.2 Å². The third kappa shape index (κ3) is 3.58. The quantitative estimate of drug-likeness (QED) is 0.511. The van der Waals surface area contributed by atoms with Gasteiger partial charge in [-0.15, -0.1) is 13.2 Å². The lowest BCUT2D eigenvalue weighted by atomic mass is 9.84. The number of pyridine rings is 1. The number of nitrogens with zero attached hydrogens (tertiary/aromatic N) is 3. The molecule has 1 N–H and O–H groups in total. The zero-order valence-electron chi connectivity index (χ0n) is 19.2. The number of carbonyl (C=O) groups excluding carboxylic acids is 3. The number of aliphatic hydroxyl groups excluding tert-OH is 1. The van der Waals surface area contributed by atoms with Crippen LogP contribution in [-0.2, 0) is 9.59 Å². The molecule has 2 aromatic carbocycles. The summed E-state index contributed by atoms with van der Waals surface area (Å²) in [5, 5.41) is 11.0. The monoisotopic (exact) mass is 519 g/mol. The van der Waals surface area contributed by atoms with Crippen molar-refractivity contribution in [3.63, 3.8) is 0 Å². The highest BCUT2D eigenvalue weighted by Gasteiger charge is 2.59. The van der Waals surface area contributed by atoms with Gasteiger partial charge >= 0.3 is 6.36 Å². The predicted octanol–water partition coefficient (Wildman–Crippen LogP) is 4.45. The predicted molar refractivity (Wildman–Crippen MR) is 127 cm³/mol. The molecular weight excluding hydrogens is 503 g/mol. The number of ketones is 1. The van der Waals surface area contributed by atoms with Crippen LogP contribution in [0.15, 0.2) is 83.5 Å². The fraction of sp³-hybridized carbons (Fsp3) is 0.148. The highest BCUT2D eigenvalue weighted by molar-refractivity contribution is 6.42. The second kappa shape index (κ2) is 8.37. The molecule has 0 unspecified atom stereocenters. The lowest BCUT2D eigenvalue weighted by Gasteiger charge is -2.18. The first-order chi connectivity index (χ1) is 18.2. The number of carbonyl (C=O) groups is 3. The number of hydrogen-bond donors (Lipinski definition) is 1. The van der Waals surface area contributed by atoms with Crippen molar-refractivity contribution in [2.45, 2.75) is 12.4 Å². The first-order valence-electron chi connectivity index (χ1n) is 11.5. The Balaban J connectivity index is 1.43. The summed E-state index contributed by atoms with van der Waals surface area (Å²) in [7, 11) is 0. The topological polar surface area (TPSA) is 109 Å². The van der Waals surface area contributed by atoms with Gasteiger partial charge < -0.3 is 9.84 Å². The zero-order chi connectivity index (χ0) is 26.8. The van der Waals surface area contributed by atoms with E-state index in [9.17, 15) is 32.7 Å². The minimum atomic E-state index is -4.90. The first kappa shape index (κ1) is 23.6. The smallest absolute Gasteiger partial charge is 0.506 e. The van der Waals surface area contributed by atoms with Crippen molar-refractivity contribution in [1.82, 2.24) is 4.98 Å². The van der Waals surface area contributed by atoms with Crippen LogP contribution in [0.1, 0.15) is 27.7 Å². The molecule has 0 spiro atoms. The Hall–Kier alpha value is -4.80. The van der Waals surface area contributed by atoms with Gasteiger partial charge in [0.1, 0.15) is 17.6 Å². The molecule has 0 radical (unpaired) electrons. The number of anilines is 1. The van der Waals surface area contributed by atoms with Crippen LogP contribution in [0, 0.1) is 11.8 Å². The van der Waals surface area contributed by atoms with Crippen LogP contribution in [0.25, 0.3) is 5.76 Å². The maximum atomic E-state index is 13.7.